The van der Waals surface area contributed by atoms with Gasteiger partial charge in [0.1, 0.15) is 0 Å². The minimum Gasteiger partial charge on any atom is -0.380 e. The third-order valence-corrected chi connectivity index (χ3v) is 3.11. The molecule has 0 saturated carbocycles. The van der Waals surface area contributed by atoms with Gasteiger partial charge in [-0.25, -0.2) is 0 Å². The molecular weight excluding hydrogens is 228 g/mol. The Labute approximate surface area is 111 Å². The molecule has 0 aromatic rings. The molecule has 0 aromatic heterocycles. The zero-order chi connectivity index (χ0) is 13.1. The fourth-order valence-corrected chi connectivity index (χ4v) is 2.12. The van der Waals surface area contributed by atoms with E-state index in [1.807, 2.05) is 6.92 Å². The van der Waals surface area contributed by atoms with Crippen molar-refractivity contribution >= 4 is 5.96 Å². The van der Waals surface area contributed by atoms with Gasteiger partial charge in [0.2, 0.25) is 0 Å². The normalized spacial score (nSPS) is 17.1. The molecule has 0 radical (unpaired) electrons. The van der Waals surface area contributed by atoms with Crippen molar-refractivity contribution in [3.63, 3.8) is 0 Å². The number of likely N-dealkylation sites (tertiary alicyclic amines) is 1. The van der Waals surface area contributed by atoms with Crippen LogP contribution in [-0.4, -0.2) is 63.8 Å². The van der Waals surface area contributed by atoms with Crippen molar-refractivity contribution in [3.8, 4) is 0 Å². The zero-order valence-electron chi connectivity index (χ0n) is 11.9. The topological polar surface area (TPSA) is 48.9 Å². The molecule has 106 valence electrons. The van der Waals surface area contributed by atoms with Gasteiger partial charge in [0.05, 0.1) is 6.61 Å². The second kappa shape index (κ2) is 10.1. The second-order valence-corrected chi connectivity index (χ2v) is 4.52. The minimum absolute atomic E-state index is 0.727. The number of guanidine groups is 1. The predicted octanol–water partition coefficient (Wildman–Crippen LogP) is 0.674. The van der Waals surface area contributed by atoms with Crippen LogP contribution in [0.15, 0.2) is 4.99 Å². The van der Waals surface area contributed by atoms with E-state index in [2.05, 4.69) is 20.5 Å². The van der Waals surface area contributed by atoms with Crippen LogP contribution in [-0.2, 0) is 4.74 Å². The average Bonchev–Trinajstić information content (AvgIpc) is 2.90. The van der Waals surface area contributed by atoms with Gasteiger partial charge in [-0.1, -0.05) is 0 Å². The lowest BCUT2D eigenvalue weighted by atomic mass is 10.4. The Morgan fingerprint density at radius 1 is 1.22 bits per heavy atom. The summed E-state index contributed by atoms with van der Waals surface area (Å²) in [5.41, 5.74) is 0. The van der Waals surface area contributed by atoms with Gasteiger partial charge in [-0.15, -0.1) is 0 Å². The van der Waals surface area contributed by atoms with Crippen LogP contribution in [0, 0.1) is 0 Å². The SMILES string of the molecule is CCOCCNC(=NC)NCCCN1CCCC1. The van der Waals surface area contributed by atoms with Crippen LogP contribution in [0.4, 0.5) is 0 Å². The number of ether oxygens (including phenoxy) is 1. The molecule has 1 saturated heterocycles. The maximum atomic E-state index is 5.27. The molecule has 1 aliphatic rings. The van der Waals surface area contributed by atoms with Crippen molar-refractivity contribution in [2.24, 2.45) is 4.99 Å². The van der Waals surface area contributed by atoms with E-state index in [4.69, 9.17) is 4.74 Å². The van der Waals surface area contributed by atoms with Crippen LogP contribution in [0.5, 0.6) is 0 Å². The Morgan fingerprint density at radius 2 is 1.94 bits per heavy atom. The Kier molecular flexibility index (Phi) is 8.59. The largest absolute Gasteiger partial charge is 0.380 e. The highest BCUT2D eigenvalue weighted by Crippen LogP contribution is 2.06. The lowest BCUT2D eigenvalue weighted by Gasteiger charge is -2.15. The maximum absolute atomic E-state index is 5.27. The van der Waals surface area contributed by atoms with Gasteiger partial charge in [0, 0.05) is 26.7 Å². The van der Waals surface area contributed by atoms with Crippen LogP contribution in [0.3, 0.4) is 0 Å². The van der Waals surface area contributed by atoms with Crippen LogP contribution in [0.25, 0.3) is 0 Å². The molecule has 0 aromatic carbocycles. The smallest absolute Gasteiger partial charge is 0.191 e. The van der Waals surface area contributed by atoms with Crippen molar-refractivity contribution < 1.29 is 4.74 Å². The molecule has 0 amide bonds. The lowest BCUT2D eigenvalue weighted by Crippen LogP contribution is -2.40. The molecule has 18 heavy (non-hydrogen) atoms. The number of hydrogen-bond donors (Lipinski definition) is 2. The summed E-state index contributed by atoms with van der Waals surface area (Å²) in [6, 6.07) is 0. The number of aliphatic imine (C=N–C) groups is 1. The summed E-state index contributed by atoms with van der Waals surface area (Å²) in [5.74, 6) is 0.871. The minimum atomic E-state index is 0.727. The van der Waals surface area contributed by atoms with Gasteiger partial charge in [-0.2, -0.15) is 0 Å². The molecule has 0 aliphatic carbocycles. The third kappa shape index (κ3) is 6.81. The quantitative estimate of drug-likeness (QED) is 0.381. The van der Waals surface area contributed by atoms with E-state index in [0.717, 1.165) is 32.3 Å². The zero-order valence-corrected chi connectivity index (χ0v) is 11.9. The fourth-order valence-electron chi connectivity index (χ4n) is 2.12. The van der Waals surface area contributed by atoms with Crippen molar-refractivity contribution in [1.82, 2.24) is 15.5 Å². The highest BCUT2D eigenvalue weighted by Gasteiger charge is 2.10. The summed E-state index contributed by atoms with van der Waals surface area (Å²) in [7, 11) is 1.80. The lowest BCUT2D eigenvalue weighted by molar-refractivity contribution is 0.152. The van der Waals surface area contributed by atoms with E-state index in [1.165, 1.54) is 38.9 Å². The first kappa shape index (κ1) is 15.2. The van der Waals surface area contributed by atoms with E-state index >= 15 is 0 Å². The first-order valence-corrected chi connectivity index (χ1v) is 7.11. The number of nitrogens with one attached hydrogen (secondary N) is 2. The van der Waals surface area contributed by atoms with E-state index in [0.29, 0.717) is 0 Å². The van der Waals surface area contributed by atoms with Crippen molar-refractivity contribution in [1.29, 1.82) is 0 Å². The fraction of sp³-hybridized carbons (Fsp3) is 0.923. The van der Waals surface area contributed by atoms with Gasteiger partial charge >= 0.3 is 0 Å². The monoisotopic (exact) mass is 256 g/mol. The number of rotatable bonds is 8. The first-order valence-electron chi connectivity index (χ1n) is 7.11. The summed E-state index contributed by atoms with van der Waals surface area (Å²) < 4.78 is 5.27. The molecule has 0 bridgehead atoms. The molecule has 1 rings (SSSR count). The van der Waals surface area contributed by atoms with E-state index in [9.17, 15) is 0 Å². The highest BCUT2D eigenvalue weighted by atomic mass is 16.5. The van der Waals surface area contributed by atoms with Crippen LogP contribution in [0.1, 0.15) is 26.2 Å². The van der Waals surface area contributed by atoms with Crippen LogP contribution < -0.4 is 10.6 Å². The molecule has 1 heterocycles. The second-order valence-electron chi connectivity index (χ2n) is 4.52. The van der Waals surface area contributed by atoms with Gasteiger partial charge in [0.15, 0.2) is 5.96 Å². The maximum Gasteiger partial charge on any atom is 0.191 e. The first-order chi connectivity index (χ1) is 8.86. The predicted molar refractivity (Wildman–Crippen MR) is 76.1 cm³/mol. The summed E-state index contributed by atoms with van der Waals surface area (Å²) in [6.45, 7) is 9.04. The molecule has 1 aliphatic heterocycles. The Morgan fingerprint density at radius 3 is 2.61 bits per heavy atom. The Bertz CT molecular complexity index is 227. The highest BCUT2D eigenvalue weighted by molar-refractivity contribution is 5.79. The number of hydrogen-bond acceptors (Lipinski definition) is 3. The van der Waals surface area contributed by atoms with E-state index < -0.39 is 0 Å². The van der Waals surface area contributed by atoms with Crippen molar-refractivity contribution in [2.75, 3.05) is 53.0 Å². The average molecular weight is 256 g/mol. The molecule has 0 spiro atoms. The number of nitrogens with zero attached hydrogens (tertiary/aromatic N) is 2. The van der Waals surface area contributed by atoms with Crippen LogP contribution >= 0.6 is 0 Å². The van der Waals surface area contributed by atoms with Gasteiger partial charge in [0.25, 0.3) is 0 Å². The van der Waals surface area contributed by atoms with Gasteiger partial charge in [-0.05, 0) is 45.8 Å². The third-order valence-electron chi connectivity index (χ3n) is 3.11. The molecular formula is C13H28N4O. The molecule has 2 N–H and O–H groups in total. The molecule has 1 fully saturated rings. The molecule has 5 heteroatoms. The Balaban J connectivity index is 1.97. The summed E-state index contributed by atoms with van der Waals surface area (Å²) >= 11 is 0. The Hall–Kier alpha value is -0.810. The van der Waals surface area contributed by atoms with Gasteiger partial charge in [-0.3, -0.25) is 4.99 Å². The molecule has 5 nitrogen and oxygen atoms in total. The van der Waals surface area contributed by atoms with E-state index in [-0.39, 0.29) is 0 Å². The summed E-state index contributed by atoms with van der Waals surface area (Å²) in [4.78, 5) is 6.71. The summed E-state index contributed by atoms with van der Waals surface area (Å²) in [5, 5.41) is 6.56. The van der Waals surface area contributed by atoms with Crippen molar-refractivity contribution in [3.05, 3.63) is 0 Å². The molecule has 0 atom stereocenters. The van der Waals surface area contributed by atoms with Crippen molar-refractivity contribution in [2.45, 2.75) is 26.2 Å². The summed E-state index contributed by atoms with van der Waals surface area (Å²) in [6.07, 6.45) is 3.91. The van der Waals surface area contributed by atoms with Crippen LogP contribution in [0.2, 0.25) is 0 Å². The van der Waals surface area contributed by atoms with E-state index in [1.54, 1.807) is 7.05 Å². The van der Waals surface area contributed by atoms with Gasteiger partial charge < -0.3 is 20.3 Å². The molecule has 0 unspecified atom stereocenters. The standard InChI is InChI=1S/C13H28N4O/c1-3-18-12-8-16-13(14-2)15-7-6-11-17-9-4-5-10-17/h3-12H2,1-2H3,(H2,14,15,16).